The SMILES string of the molecule is CCCNC(=O)Nc1c(C(=O)OCC)cnn1Cc1ccccc1. The summed E-state index contributed by atoms with van der Waals surface area (Å²) in [7, 11) is 0. The van der Waals surface area contributed by atoms with Gasteiger partial charge in [-0.3, -0.25) is 5.32 Å². The van der Waals surface area contributed by atoms with Crippen molar-refractivity contribution in [3.05, 3.63) is 47.7 Å². The van der Waals surface area contributed by atoms with Gasteiger partial charge in [-0.05, 0) is 18.9 Å². The van der Waals surface area contributed by atoms with Crippen LogP contribution in [0.1, 0.15) is 36.2 Å². The van der Waals surface area contributed by atoms with Crippen LogP contribution in [0.5, 0.6) is 0 Å². The number of esters is 1. The molecule has 2 N–H and O–H groups in total. The van der Waals surface area contributed by atoms with Crippen molar-refractivity contribution in [2.45, 2.75) is 26.8 Å². The lowest BCUT2D eigenvalue weighted by molar-refractivity contribution is 0.0527. The van der Waals surface area contributed by atoms with Crippen LogP contribution in [0.2, 0.25) is 0 Å². The Morgan fingerprint density at radius 1 is 1.21 bits per heavy atom. The van der Waals surface area contributed by atoms with Crippen LogP contribution >= 0.6 is 0 Å². The van der Waals surface area contributed by atoms with Gasteiger partial charge >= 0.3 is 12.0 Å². The van der Waals surface area contributed by atoms with E-state index in [2.05, 4.69) is 15.7 Å². The predicted octanol–water partition coefficient (Wildman–Crippen LogP) is 2.64. The van der Waals surface area contributed by atoms with E-state index >= 15 is 0 Å². The van der Waals surface area contributed by atoms with Gasteiger partial charge in [0.25, 0.3) is 0 Å². The fourth-order valence-corrected chi connectivity index (χ4v) is 2.14. The number of hydrogen-bond acceptors (Lipinski definition) is 4. The monoisotopic (exact) mass is 330 g/mol. The molecule has 0 spiro atoms. The summed E-state index contributed by atoms with van der Waals surface area (Å²) in [5, 5.41) is 9.64. The highest BCUT2D eigenvalue weighted by Crippen LogP contribution is 2.18. The average Bonchev–Trinajstić information content (AvgIpc) is 2.96. The number of ether oxygens (including phenoxy) is 1. The van der Waals surface area contributed by atoms with E-state index in [1.807, 2.05) is 37.3 Å². The molecule has 2 amide bonds. The van der Waals surface area contributed by atoms with Crippen molar-refractivity contribution in [1.82, 2.24) is 15.1 Å². The van der Waals surface area contributed by atoms with Crippen molar-refractivity contribution in [1.29, 1.82) is 0 Å². The van der Waals surface area contributed by atoms with E-state index in [0.717, 1.165) is 12.0 Å². The molecule has 0 unspecified atom stereocenters. The number of urea groups is 1. The Morgan fingerprint density at radius 3 is 2.62 bits per heavy atom. The van der Waals surface area contributed by atoms with Crippen molar-refractivity contribution in [2.75, 3.05) is 18.5 Å². The third-order valence-corrected chi connectivity index (χ3v) is 3.28. The standard InChI is InChI=1S/C17H22N4O3/c1-3-10-18-17(23)20-15-14(16(22)24-4-2)11-19-21(15)12-13-8-6-5-7-9-13/h5-9,11H,3-4,10,12H2,1-2H3,(H2,18,20,23). The van der Waals surface area contributed by atoms with Crippen LogP contribution in [0.15, 0.2) is 36.5 Å². The number of carbonyl (C=O) groups is 2. The summed E-state index contributed by atoms with van der Waals surface area (Å²) >= 11 is 0. The summed E-state index contributed by atoms with van der Waals surface area (Å²) in [5.74, 6) is -0.187. The van der Waals surface area contributed by atoms with Crippen molar-refractivity contribution in [3.63, 3.8) is 0 Å². The molecule has 0 aliphatic carbocycles. The van der Waals surface area contributed by atoms with Gasteiger partial charge in [0.05, 0.1) is 19.3 Å². The van der Waals surface area contributed by atoms with Gasteiger partial charge in [-0.2, -0.15) is 5.10 Å². The summed E-state index contributed by atoms with van der Waals surface area (Å²) in [6.07, 6.45) is 2.23. The van der Waals surface area contributed by atoms with Gasteiger partial charge in [-0.1, -0.05) is 37.3 Å². The molecule has 7 heteroatoms. The Hall–Kier alpha value is -2.83. The van der Waals surface area contributed by atoms with Crippen LogP contribution in [0.4, 0.5) is 10.6 Å². The van der Waals surface area contributed by atoms with Crippen LogP contribution < -0.4 is 10.6 Å². The molecule has 0 aliphatic rings. The van der Waals surface area contributed by atoms with E-state index in [4.69, 9.17) is 4.74 Å². The molecule has 1 heterocycles. The molecule has 1 aromatic carbocycles. The zero-order chi connectivity index (χ0) is 17.4. The van der Waals surface area contributed by atoms with Gasteiger partial charge in [0.15, 0.2) is 0 Å². The fourth-order valence-electron chi connectivity index (χ4n) is 2.14. The third-order valence-electron chi connectivity index (χ3n) is 3.28. The van der Waals surface area contributed by atoms with Gasteiger partial charge in [-0.25, -0.2) is 14.3 Å². The second-order valence-corrected chi connectivity index (χ2v) is 5.15. The van der Waals surface area contributed by atoms with E-state index in [1.165, 1.54) is 6.20 Å². The quantitative estimate of drug-likeness (QED) is 0.764. The molecule has 0 atom stereocenters. The summed E-state index contributed by atoms with van der Waals surface area (Å²) in [6.45, 7) is 4.93. The molecule has 0 saturated carbocycles. The average molecular weight is 330 g/mol. The predicted molar refractivity (Wildman–Crippen MR) is 91.0 cm³/mol. The molecule has 0 saturated heterocycles. The van der Waals surface area contributed by atoms with E-state index in [-0.39, 0.29) is 18.2 Å². The number of rotatable bonds is 7. The Morgan fingerprint density at radius 2 is 1.96 bits per heavy atom. The lowest BCUT2D eigenvalue weighted by atomic mass is 10.2. The van der Waals surface area contributed by atoms with Crippen molar-refractivity contribution in [2.24, 2.45) is 0 Å². The minimum absolute atomic E-state index is 0.236. The molecular weight excluding hydrogens is 308 g/mol. The first-order valence-electron chi connectivity index (χ1n) is 7.97. The highest BCUT2D eigenvalue weighted by atomic mass is 16.5. The first-order valence-corrected chi connectivity index (χ1v) is 7.97. The van der Waals surface area contributed by atoms with Crippen LogP contribution in [0.25, 0.3) is 0 Å². The number of benzene rings is 1. The molecule has 7 nitrogen and oxygen atoms in total. The summed E-state index contributed by atoms with van der Waals surface area (Å²) in [6, 6.07) is 9.29. The zero-order valence-electron chi connectivity index (χ0n) is 13.9. The summed E-state index contributed by atoms with van der Waals surface area (Å²) in [4.78, 5) is 24.1. The maximum absolute atomic E-state index is 12.1. The minimum atomic E-state index is -0.511. The van der Waals surface area contributed by atoms with Crippen LogP contribution in [0.3, 0.4) is 0 Å². The maximum Gasteiger partial charge on any atom is 0.343 e. The Labute approximate surface area is 141 Å². The number of nitrogens with one attached hydrogen (secondary N) is 2. The molecule has 2 aromatic rings. The maximum atomic E-state index is 12.1. The largest absolute Gasteiger partial charge is 0.462 e. The van der Waals surface area contributed by atoms with Crippen LogP contribution in [-0.2, 0) is 11.3 Å². The molecule has 0 bridgehead atoms. The summed E-state index contributed by atoms with van der Waals surface area (Å²) < 4.78 is 6.61. The molecule has 0 radical (unpaired) electrons. The van der Waals surface area contributed by atoms with Crippen molar-refractivity contribution < 1.29 is 14.3 Å². The molecule has 0 aliphatic heterocycles. The Kier molecular flexibility index (Phi) is 6.36. The lowest BCUT2D eigenvalue weighted by Gasteiger charge is -2.11. The van der Waals surface area contributed by atoms with Crippen molar-refractivity contribution >= 4 is 17.8 Å². The van der Waals surface area contributed by atoms with Crippen LogP contribution in [0, 0.1) is 0 Å². The van der Waals surface area contributed by atoms with E-state index in [9.17, 15) is 9.59 Å². The topological polar surface area (TPSA) is 85.2 Å². The second-order valence-electron chi connectivity index (χ2n) is 5.15. The fraction of sp³-hybridized carbons (Fsp3) is 0.353. The van der Waals surface area contributed by atoms with Gasteiger partial charge in [0.2, 0.25) is 0 Å². The first kappa shape index (κ1) is 17.5. The normalized spacial score (nSPS) is 10.2. The molecule has 128 valence electrons. The zero-order valence-corrected chi connectivity index (χ0v) is 13.9. The molecule has 0 fully saturated rings. The molecular formula is C17H22N4O3. The van der Waals surface area contributed by atoms with Gasteiger partial charge in [0, 0.05) is 6.54 Å². The number of hydrogen-bond donors (Lipinski definition) is 2. The number of aromatic nitrogens is 2. The van der Waals surface area contributed by atoms with Crippen LogP contribution in [-0.4, -0.2) is 34.9 Å². The highest BCUT2D eigenvalue weighted by molar-refractivity contribution is 5.99. The van der Waals surface area contributed by atoms with Gasteiger partial charge in [-0.15, -0.1) is 0 Å². The minimum Gasteiger partial charge on any atom is -0.462 e. The summed E-state index contributed by atoms with van der Waals surface area (Å²) in [5.41, 5.74) is 1.24. The number of nitrogens with zero attached hydrogens (tertiary/aromatic N) is 2. The third kappa shape index (κ3) is 4.58. The Bertz CT molecular complexity index is 682. The molecule has 1 aromatic heterocycles. The van der Waals surface area contributed by atoms with E-state index in [0.29, 0.717) is 18.9 Å². The number of carbonyl (C=O) groups excluding carboxylic acids is 2. The Balaban J connectivity index is 2.25. The van der Waals surface area contributed by atoms with Gasteiger partial charge in [0.1, 0.15) is 11.4 Å². The number of anilines is 1. The van der Waals surface area contributed by atoms with E-state index < -0.39 is 5.97 Å². The molecule has 2 rings (SSSR count). The lowest BCUT2D eigenvalue weighted by Crippen LogP contribution is -2.31. The second kappa shape index (κ2) is 8.71. The van der Waals surface area contributed by atoms with E-state index in [1.54, 1.807) is 11.6 Å². The van der Waals surface area contributed by atoms with Crippen molar-refractivity contribution in [3.8, 4) is 0 Å². The highest BCUT2D eigenvalue weighted by Gasteiger charge is 2.20. The smallest absolute Gasteiger partial charge is 0.343 e. The first-order chi connectivity index (χ1) is 11.7. The molecule has 24 heavy (non-hydrogen) atoms. The van der Waals surface area contributed by atoms with Gasteiger partial charge < -0.3 is 10.1 Å². The number of amides is 2.